The minimum atomic E-state index is -1.86. The van der Waals surface area contributed by atoms with Crippen molar-refractivity contribution in [2.45, 2.75) is 6.55 Å². The summed E-state index contributed by atoms with van der Waals surface area (Å²) >= 11 is 0. The Kier molecular flexibility index (Phi) is 3.69. The molecule has 0 aliphatic carbocycles. The van der Waals surface area contributed by atoms with Crippen molar-refractivity contribution >= 4 is 19.3 Å². The van der Waals surface area contributed by atoms with Crippen LogP contribution in [0.25, 0.3) is 0 Å². The summed E-state index contributed by atoms with van der Waals surface area (Å²) in [5, 5.41) is 0. The molecule has 5 heteroatoms. The molecule has 0 bridgehead atoms. The molecule has 0 amide bonds. The maximum Gasteiger partial charge on any atom is 0.306 e. The Bertz CT molecular complexity index is 30.0. The van der Waals surface area contributed by atoms with E-state index >= 15 is 0 Å². The van der Waals surface area contributed by atoms with Crippen LogP contribution in [0.1, 0.15) is 0 Å². The Balaban J connectivity index is 2.63. The molecule has 0 saturated carbocycles. The van der Waals surface area contributed by atoms with Crippen LogP contribution >= 0.6 is 0 Å². The van der Waals surface area contributed by atoms with Crippen LogP contribution in [0.5, 0.6) is 0 Å². The van der Waals surface area contributed by atoms with Gasteiger partial charge in [-0.05, 0) is 6.55 Å². The largest absolute Gasteiger partial charge is 0.422 e. The van der Waals surface area contributed by atoms with E-state index in [0.717, 1.165) is 0 Å². The van der Waals surface area contributed by atoms with Crippen molar-refractivity contribution in [3.63, 3.8) is 0 Å². The lowest BCUT2D eigenvalue weighted by Crippen LogP contribution is -2.14. The lowest BCUT2D eigenvalue weighted by atomic mass is 11.9. The molecule has 0 fully saturated rings. The summed E-state index contributed by atoms with van der Waals surface area (Å²) in [5.41, 5.74) is 0. The van der Waals surface area contributed by atoms with Crippen LogP contribution in [0.4, 0.5) is 0 Å². The van der Waals surface area contributed by atoms with Gasteiger partial charge < -0.3 is 13.7 Å². The first-order chi connectivity index (χ1) is 2.77. The molecule has 1 unspecified atom stereocenters. The monoisotopic (exact) mass is 124 g/mol. The predicted octanol–water partition coefficient (Wildman–Crippen LogP) is -2.16. The zero-order chi connectivity index (χ0) is 4.99. The Morgan fingerprint density at radius 2 is 2.33 bits per heavy atom. The van der Waals surface area contributed by atoms with Crippen molar-refractivity contribution in [2.24, 2.45) is 0 Å². The van der Waals surface area contributed by atoms with Gasteiger partial charge in [-0.1, -0.05) is 0 Å². The summed E-state index contributed by atoms with van der Waals surface area (Å²) in [6.07, 6.45) is 0. The van der Waals surface area contributed by atoms with Crippen molar-refractivity contribution in [2.75, 3.05) is 0 Å². The van der Waals surface area contributed by atoms with E-state index in [9.17, 15) is 0 Å². The average molecular weight is 124 g/mol. The highest BCUT2D eigenvalue weighted by Crippen LogP contribution is 1.69. The van der Waals surface area contributed by atoms with Crippen molar-refractivity contribution < 1.29 is 13.7 Å². The van der Waals surface area contributed by atoms with Crippen LogP contribution in [0.15, 0.2) is 0 Å². The molecule has 0 aromatic heterocycles. The first kappa shape index (κ1) is 6.31. The molecule has 0 aromatic carbocycles. The van der Waals surface area contributed by atoms with Crippen molar-refractivity contribution in [1.82, 2.24) is 0 Å². The highest BCUT2D eigenvalue weighted by atomic mass is 28.4. The third-order valence-electron chi connectivity index (χ3n) is 0.316. The van der Waals surface area contributed by atoms with E-state index in [0.29, 0.717) is 0 Å². The van der Waals surface area contributed by atoms with Gasteiger partial charge in [-0.25, -0.2) is 0 Å². The van der Waals surface area contributed by atoms with Gasteiger partial charge in [0, 0.05) is 0 Å². The molecule has 2 N–H and O–H groups in total. The van der Waals surface area contributed by atoms with Gasteiger partial charge in [0.25, 0.3) is 10.0 Å². The van der Waals surface area contributed by atoms with Gasteiger partial charge in [-0.3, -0.25) is 0 Å². The van der Waals surface area contributed by atoms with Gasteiger partial charge in [-0.15, -0.1) is 0 Å². The lowest BCUT2D eigenvalue weighted by molar-refractivity contribution is 0.387. The second-order valence-electron chi connectivity index (χ2n) is 0.895. The molecule has 0 aliphatic rings. The summed E-state index contributed by atoms with van der Waals surface area (Å²) in [6, 6.07) is 0. The van der Waals surface area contributed by atoms with Crippen LogP contribution < -0.4 is 0 Å². The fourth-order valence-corrected chi connectivity index (χ4v) is 0.971. The lowest BCUT2D eigenvalue weighted by Gasteiger charge is -1.96. The quantitative estimate of drug-likeness (QED) is 0.412. The zero-order valence-corrected chi connectivity index (χ0v) is 6.16. The average Bonchev–Trinajstić information content (AvgIpc) is 1.35. The zero-order valence-electron chi connectivity index (χ0n) is 3.59. The third-order valence-corrected chi connectivity index (χ3v) is 2.84. The molecule has 0 saturated heterocycles. The minimum absolute atomic E-state index is 1.32. The van der Waals surface area contributed by atoms with Crippen molar-refractivity contribution in [3.8, 4) is 0 Å². The van der Waals surface area contributed by atoms with Crippen LogP contribution in [-0.2, 0) is 4.12 Å². The van der Waals surface area contributed by atoms with Crippen LogP contribution in [0, 0.1) is 0 Å². The van der Waals surface area contributed by atoms with E-state index < -0.39 is 19.3 Å². The fourth-order valence-electron chi connectivity index (χ4n) is 0.108. The molecule has 0 heterocycles. The fraction of sp³-hybridized carbons (Fsp3) is 1.00. The highest BCUT2D eigenvalue weighted by molar-refractivity contribution is 6.48. The number of hydrogen-bond acceptors (Lipinski definition) is 3. The van der Waals surface area contributed by atoms with Gasteiger partial charge in [0.05, 0.1) is 0 Å². The Hall–Kier alpha value is 0.314. The SMILES string of the molecule is C[SiH](O)O[SiH2]O. The van der Waals surface area contributed by atoms with Crippen LogP contribution in [0.2, 0.25) is 6.55 Å². The topological polar surface area (TPSA) is 49.7 Å². The smallest absolute Gasteiger partial charge is 0.306 e. The second kappa shape index (κ2) is 3.50. The first-order valence-corrected chi connectivity index (χ1v) is 5.03. The summed E-state index contributed by atoms with van der Waals surface area (Å²) in [4.78, 5) is 16.4. The maximum atomic E-state index is 8.34. The predicted molar refractivity (Wildman–Crippen MR) is 27.1 cm³/mol. The Morgan fingerprint density at radius 1 is 1.83 bits per heavy atom. The van der Waals surface area contributed by atoms with Crippen molar-refractivity contribution in [1.29, 1.82) is 0 Å². The van der Waals surface area contributed by atoms with Crippen molar-refractivity contribution in [3.05, 3.63) is 0 Å². The molecular weight excluding hydrogens is 116 g/mol. The molecule has 38 valence electrons. The van der Waals surface area contributed by atoms with E-state index in [-0.39, 0.29) is 0 Å². The summed E-state index contributed by atoms with van der Waals surface area (Å²) in [5.74, 6) is 0. The summed E-state index contributed by atoms with van der Waals surface area (Å²) in [7, 11) is -3.18. The molecule has 0 aliphatic heterocycles. The normalized spacial score (nSPS) is 16.5. The first-order valence-electron chi connectivity index (χ1n) is 1.68. The highest BCUT2D eigenvalue weighted by Gasteiger charge is 1.92. The van der Waals surface area contributed by atoms with Gasteiger partial charge in [-0.2, -0.15) is 0 Å². The van der Waals surface area contributed by atoms with Gasteiger partial charge >= 0.3 is 9.28 Å². The molecule has 3 nitrogen and oxygen atoms in total. The van der Waals surface area contributed by atoms with Gasteiger partial charge in [0.1, 0.15) is 0 Å². The van der Waals surface area contributed by atoms with E-state index in [4.69, 9.17) is 9.59 Å². The van der Waals surface area contributed by atoms with Gasteiger partial charge in [0.15, 0.2) is 0 Å². The van der Waals surface area contributed by atoms with Gasteiger partial charge in [0.2, 0.25) is 0 Å². The molecule has 0 rings (SSSR count). The molecule has 6 heavy (non-hydrogen) atoms. The molecular formula is CH8O3Si2. The molecule has 0 radical (unpaired) electrons. The van der Waals surface area contributed by atoms with Crippen LogP contribution in [0.3, 0.4) is 0 Å². The molecule has 0 spiro atoms. The standard InChI is InChI=1S/CH8O3Si2/c1-6(3)4-5-2/h2-3,6H,5H2,1H3. The van der Waals surface area contributed by atoms with E-state index in [1.54, 1.807) is 6.55 Å². The number of hydrogen-bond donors (Lipinski definition) is 2. The van der Waals surface area contributed by atoms with E-state index in [2.05, 4.69) is 4.12 Å². The molecule has 1 atom stereocenters. The molecule has 0 aromatic rings. The van der Waals surface area contributed by atoms with E-state index in [1.807, 2.05) is 0 Å². The number of rotatable bonds is 2. The Labute approximate surface area is 40.5 Å². The Morgan fingerprint density at radius 3 is 2.33 bits per heavy atom. The third kappa shape index (κ3) is 4.31. The second-order valence-corrected chi connectivity index (χ2v) is 3.69. The summed E-state index contributed by atoms with van der Waals surface area (Å²) in [6.45, 7) is 1.60. The minimum Gasteiger partial charge on any atom is -0.422 e. The van der Waals surface area contributed by atoms with Crippen LogP contribution in [-0.4, -0.2) is 28.9 Å². The maximum absolute atomic E-state index is 8.34. The van der Waals surface area contributed by atoms with E-state index in [1.165, 1.54) is 0 Å². The summed E-state index contributed by atoms with van der Waals surface area (Å²) < 4.78 is 4.43.